The van der Waals surface area contributed by atoms with E-state index < -0.39 is 12.2 Å². The molecule has 0 unspecified atom stereocenters. The maximum absolute atomic E-state index is 12.5. The molecule has 3 rings (SSSR count). The summed E-state index contributed by atoms with van der Waals surface area (Å²) < 4.78 is 6.53. The van der Waals surface area contributed by atoms with E-state index in [2.05, 4.69) is 15.3 Å². The number of nitrogens with one attached hydrogen (secondary N) is 1. The number of fused-ring (bicyclic) bond motifs is 1. The lowest BCUT2D eigenvalue weighted by atomic mass is 10.3. The second kappa shape index (κ2) is 5.93. The second-order valence-electron chi connectivity index (χ2n) is 4.70. The fourth-order valence-corrected chi connectivity index (χ4v) is 2.18. The number of ether oxygens (including phenoxy) is 1. The average Bonchev–Trinajstić information content (AvgIpc) is 2.57. The number of nitrogens with zero attached hydrogens (tertiary/aromatic N) is 3. The molecular formula is C15H14N4O4. The number of rotatable bonds is 4. The zero-order chi connectivity index (χ0) is 16.4. The van der Waals surface area contributed by atoms with E-state index in [1.807, 2.05) is 0 Å². The van der Waals surface area contributed by atoms with Gasteiger partial charge in [0.25, 0.3) is 5.56 Å². The number of anilines is 2. The minimum absolute atomic E-state index is 0.115. The summed E-state index contributed by atoms with van der Waals surface area (Å²) in [7, 11) is 1.48. The van der Waals surface area contributed by atoms with Gasteiger partial charge in [0.1, 0.15) is 5.82 Å². The Hall–Kier alpha value is -3.13. The molecule has 23 heavy (non-hydrogen) atoms. The number of methoxy groups -OCH3 is 1. The van der Waals surface area contributed by atoms with Crippen LogP contribution in [-0.2, 0) is 6.61 Å². The Bertz CT molecular complexity index is 906. The fraction of sp³-hybridized carbons (Fsp3) is 0.133. The van der Waals surface area contributed by atoms with Crippen LogP contribution in [0.4, 0.5) is 11.5 Å². The smallest absolute Gasteiger partial charge is 0.265 e. The van der Waals surface area contributed by atoms with Crippen LogP contribution in [0.15, 0.2) is 41.5 Å². The lowest BCUT2D eigenvalue weighted by Crippen LogP contribution is -2.22. The molecular weight excluding hydrogens is 300 g/mol. The molecule has 3 N–H and O–H groups in total. The van der Waals surface area contributed by atoms with Crippen molar-refractivity contribution in [3.63, 3.8) is 0 Å². The molecule has 8 heteroatoms. The van der Waals surface area contributed by atoms with Crippen molar-refractivity contribution in [3.05, 3.63) is 52.6 Å². The predicted molar refractivity (Wildman–Crippen MR) is 83.1 cm³/mol. The first-order chi connectivity index (χ1) is 11.1. The zero-order valence-electron chi connectivity index (χ0n) is 12.2. The first kappa shape index (κ1) is 14.8. The lowest BCUT2D eigenvalue weighted by Gasteiger charge is -2.12. The Balaban J connectivity index is 2.18. The van der Waals surface area contributed by atoms with E-state index in [1.165, 1.54) is 23.8 Å². The summed E-state index contributed by atoms with van der Waals surface area (Å²) in [5.41, 5.74) is 0.560. The summed E-state index contributed by atoms with van der Waals surface area (Å²) in [6, 6.07) is 6.32. The Morgan fingerprint density at radius 1 is 1.35 bits per heavy atom. The van der Waals surface area contributed by atoms with Crippen molar-refractivity contribution in [1.82, 2.24) is 14.4 Å². The number of hydrogen-bond donors (Lipinski definition) is 3. The average molecular weight is 314 g/mol. The lowest BCUT2D eigenvalue weighted by molar-refractivity contribution is 0.280. The standard InChI is InChI=1S/C15H14N4O4/c1-23-11-3-2-6-19-14(11)18-13(10(8-20)15(19)22)17-9-4-5-12(21)16-7-9/h2-7,17,20H,8H2,1H3,(H,16,21). The summed E-state index contributed by atoms with van der Waals surface area (Å²) in [5, 5.41) is 21.7. The zero-order valence-corrected chi connectivity index (χ0v) is 12.2. The van der Waals surface area contributed by atoms with Crippen molar-refractivity contribution in [1.29, 1.82) is 0 Å². The van der Waals surface area contributed by atoms with Crippen LogP contribution < -0.4 is 15.6 Å². The van der Waals surface area contributed by atoms with Crippen LogP contribution in [-0.4, -0.2) is 31.7 Å². The number of aromatic hydroxyl groups is 1. The van der Waals surface area contributed by atoms with Gasteiger partial charge in [-0.15, -0.1) is 0 Å². The van der Waals surface area contributed by atoms with Gasteiger partial charge in [0.05, 0.1) is 31.2 Å². The van der Waals surface area contributed by atoms with Gasteiger partial charge in [0, 0.05) is 12.3 Å². The van der Waals surface area contributed by atoms with Crippen molar-refractivity contribution >= 4 is 17.2 Å². The van der Waals surface area contributed by atoms with E-state index in [1.54, 1.807) is 24.4 Å². The summed E-state index contributed by atoms with van der Waals surface area (Å²) in [4.78, 5) is 20.6. The van der Waals surface area contributed by atoms with Crippen molar-refractivity contribution in [2.75, 3.05) is 12.4 Å². The third-order valence-electron chi connectivity index (χ3n) is 3.30. The van der Waals surface area contributed by atoms with Crippen molar-refractivity contribution < 1.29 is 14.9 Å². The Labute approximate surface area is 130 Å². The number of hydrogen-bond acceptors (Lipinski definition) is 7. The Morgan fingerprint density at radius 3 is 2.83 bits per heavy atom. The number of aliphatic hydroxyl groups is 1. The molecule has 3 aromatic rings. The quantitative estimate of drug-likeness (QED) is 0.660. The van der Waals surface area contributed by atoms with Crippen LogP contribution in [0.25, 0.3) is 5.65 Å². The largest absolute Gasteiger partial charge is 0.493 e. The van der Waals surface area contributed by atoms with Gasteiger partial charge in [-0.25, -0.2) is 9.97 Å². The molecule has 0 amide bonds. The molecule has 0 saturated heterocycles. The maximum atomic E-state index is 12.5. The van der Waals surface area contributed by atoms with E-state index in [0.29, 0.717) is 17.1 Å². The first-order valence-electron chi connectivity index (χ1n) is 6.75. The minimum atomic E-state index is -0.472. The van der Waals surface area contributed by atoms with Crippen LogP contribution in [0.3, 0.4) is 0 Å². The number of aliphatic hydroxyl groups excluding tert-OH is 1. The molecule has 0 spiro atoms. The second-order valence-corrected chi connectivity index (χ2v) is 4.70. The van der Waals surface area contributed by atoms with Crippen LogP contribution in [0.1, 0.15) is 5.56 Å². The van der Waals surface area contributed by atoms with Gasteiger partial charge in [0.2, 0.25) is 5.88 Å². The van der Waals surface area contributed by atoms with Gasteiger partial charge in [-0.3, -0.25) is 9.20 Å². The third-order valence-corrected chi connectivity index (χ3v) is 3.30. The molecule has 0 bridgehead atoms. The van der Waals surface area contributed by atoms with Crippen LogP contribution in [0.5, 0.6) is 11.6 Å². The van der Waals surface area contributed by atoms with E-state index in [-0.39, 0.29) is 17.3 Å². The molecule has 0 atom stereocenters. The fourth-order valence-electron chi connectivity index (χ4n) is 2.18. The van der Waals surface area contributed by atoms with E-state index >= 15 is 0 Å². The Morgan fingerprint density at radius 2 is 2.17 bits per heavy atom. The topological polar surface area (TPSA) is 109 Å². The third kappa shape index (κ3) is 2.67. The first-order valence-corrected chi connectivity index (χ1v) is 6.75. The summed E-state index contributed by atoms with van der Waals surface area (Å²) >= 11 is 0. The van der Waals surface area contributed by atoms with Crippen molar-refractivity contribution in [3.8, 4) is 11.6 Å². The molecule has 0 saturated carbocycles. The molecule has 0 aliphatic rings. The van der Waals surface area contributed by atoms with Gasteiger partial charge < -0.3 is 20.3 Å². The van der Waals surface area contributed by atoms with Crippen molar-refractivity contribution in [2.45, 2.75) is 6.61 Å². The van der Waals surface area contributed by atoms with Crippen LogP contribution in [0, 0.1) is 0 Å². The summed E-state index contributed by atoms with van der Waals surface area (Å²) in [6.07, 6.45) is 2.94. The van der Waals surface area contributed by atoms with Crippen LogP contribution >= 0.6 is 0 Å². The van der Waals surface area contributed by atoms with Gasteiger partial charge >= 0.3 is 0 Å². The van der Waals surface area contributed by atoms with Gasteiger partial charge in [0.15, 0.2) is 11.4 Å². The van der Waals surface area contributed by atoms with E-state index in [9.17, 15) is 15.0 Å². The normalized spacial score (nSPS) is 10.7. The van der Waals surface area contributed by atoms with E-state index in [4.69, 9.17) is 4.74 Å². The molecule has 0 aliphatic carbocycles. The highest BCUT2D eigenvalue weighted by molar-refractivity contribution is 5.64. The van der Waals surface area contributed by atoms with Gasteiger partial charge in [-0.2, -0.15) is 0 Å². The summed E-state index contributed by atoms with van der Waals surface area (Å²) in [6.45, 7) is -0.472. The van der Waals surface area contributed by atoms with Gasteiger partial charge in [-0.1, -0.05) is 0 Å². The molecule has 0 aromatic carbocycles. The number of pyridine rings is 2. The van der Waals surface area contributed by atoms with Gasteiger partial charge in [-0.05, 0) is 18.2 Å². The Kier molecular flexibility index (Phi) is 3.82. The highest BCUT2D eigenvalue weighted by atomic mass is 16.5. The molecule has 3 aromatic heterocycles. The molecule has 0 radical (unpaired) electrons. The molecule has 0 fully saturated rings. The molecule has 3 heterocycles. The summed E-state index contributed by atoms with van der Waals surface area (Å²) in [5.74, 6) is 0.515. The molecule has 118 valence electrons. The minimum Gasteiger partial charge on any atom is -0.493 e. The highest BCUT2D eigenvalue weighted by Crippen LogP contribution is 2.22. The number of aromatic nitrogens is 3. The monoisotopic (exact) mass is 314 g/mol. The molecule has 0 aliphatic heterocycles. The predicted octanol–water partition coefficient (Wildman–Crippen LogP) is 1.04. The maximum Gasteiger partial charge on any atom is 0.265 e. The molecule has 8 nitrogen and oxygen atoms in total. The SMILES string of the molecule is COc1cccn2c(=O)c(CO)c(Nc3ccc(O)nc3)nc12. The van der Waals surface area contributed by atoms with E-state index in [0.717, 1.165) is 0 Å². The highest BCUT2D eigenvalue weighted by Gasteiger charge is 2.14. The van der Waals surface area contributed by atoms with Crippen molar-refractivity contribution in [2.24, 2.45) is 0 Å². The van der Waals surface area contributed by atoms with Crippen LogP contribution in [0.2, 0.25) is 0 Å².